The zero-order chi connectivity index (χ0) is 10.8. The summed E-state index contributed by atoms with van der Waals surface area (Å²) in [5.74, 6) is 0. The van der Waals surface area contributed by atoms with Crippen LogP contribution in [0.15, 0.2) is 5.16 Å². The molecule has 8 heteroatoms. The van der Waals surface area contributed by atoms with Crippen molar-refractivity contribution >= 4 is 19.7 Å². The summed E-state index contributed by atoms with van der Waals surface area (Å²) in [5.41, 5.74) is 0. The minimum Gasteiger partial charge on any atom is -0.464 e. The van der Waals surface area contributed by atoms with Crippen LogP contribution in [0.25, 0.3) is 0 Å². The first-order chi connectivity index (χ1) is 6.50. The first-order valence-electron chi connectivity index (χ1n) is 4.01. The van der Waals surface area contributed by atoms with E-state index in [2.05, 4.69) is 10.2 Å². The lowest BCUT2D eigenvalue weighted by Gasteiger charge is -2.04. The first-order valence-corrected chi connectivity index (χ1v) is 6.32. The second-order valence-electron chi connectivity index (χ2n) is 2.38. The van der Waals surface area contributed by atoms with Crippen LogP contribution in [0.3, 0.4) is 0 Å². The first kappa shape index (κ1) is 11.3. The van der Waals surface area contributed by atoms with Gasteiger partial charge in [-0.25, -0.2) is 8.42 Å². The van der Waals surface area contributed by atoms with Gasteiger partial charge >= 0.3 is 6.01 Å². The number of halogens is 1. The lowest BCUT2D eigenvalue weighted by molar-refractivity contribution is 0.293. The molecule has 0 spiro atoms. The average molecular weight is 240 g/mol. The molecule has 1 heterocycles. The Balaban J connectivity index is 3.21. The van der Waals surface area contributed by atoms with E-state index >= 15 is 0 Å². The summed E-state index contributed by atoms with van der Waals surface area (Å²) < 4.78 is 28.4. The molecule has 1 aromatic heterocycles. The maximum atomic E-state index is 11.0. The van der Waals surface area contributed by atoms with Crippen molar-refractivity contribution in [3.05, 3.63) is 0 Å². The third-order valence-corrected chi connectivity index (χ3v) is 2.64. The Morgan fingerprint density at radius 3 is 2.50 bits per heavy atom. The molecular formula is C6H10ClN3O3S. The highest BCUT2D eigenvalue weighted by Crippen LogP contribution is 2.17. The highest BCUT2D eigenvalue weighted by Gasteiger charge is 2.22. The van der Waals surface area contributed by atoms with Crippen molar-refractivity contribution in [1.29, 1.82) is 0 Å². The van der Waals surface area contributed by atoms with Crippen LogP contribution < -0.4 is 4.74 Å². The van der Waals surface area contributed by atoms with Gasteiger partial charge in [0.25, 0.3) is 14.2 Å². The summed E-state index contributed by atoms with van der Waals surface area (Å²) in [5, 5.41) is 6.73. The Bertz CT molecular complexity index is 414. The summed E-state index contributed by atoms with van der Waals surface area (Å²) in [6.07, 6.45) is 0. The largest absolute Gasteiger partial charge is 0.464 e. The molecule has 0 aliphatic heterocycles. The fourth-order valence-electron chi connectivity index (χ4n) is 0.962. The summed E-state index contributed by atoms with van der Waals surface area (Å²) in [4.78, 5) is 0. The molecule has 0 aromatic carbocycles. The van der Waals surface area contributed by atoms with Gasteiger partial charge in [-0.3, -0.25) is 4.57 Å². The average Bonchev–Trinajstić information content (AvgIpc) is 2.47. The van der Waals surface area contributed by atoms with Crippen LogP contribution in [0.4, 0.5) is 0 Å². The lowest BCUT2D eigenvalue weighted by Crippen LogP contribution is -2.07. The van der Waals surface area contributed by atoms with Gasteiger partial charge in [-0.2, -0.15) is 0 Å². The molecule has 1 aromatic rings. The number of aromatic nitrogens is 3. The third kappa shape index (κ3) is 2.16. The summed E-state index contributed by atoms with van der Waals surface area (Å²) in [6.45, 7) is 4.28. The van der Waals surface area contributed by atoms with E-state index in [4.69, 9.17) is 15.4 Å². The second-order valence-corrected chi connectivity index (χ2v) is 4.84. The van der Waals surface area contributed by atoms with Gasteiger partial charge in [-0.15, -0.1) is 5.10 Å². The van der Waals surface area contributed by atoms with Crippen molar-refractivity contribution in [3.63, 3.8) is 0 Å². The van der Waals surface area contributed by atoms with Crippen LogP contribution >= 0.6 is 10.7 Å². The van der Waals surface area contributed by atoms with Crippen molar-refractivity contribution in [2.24, 2.45) is 0 Å². The Labute approximate surface area is 86.3 Å². The van der Waals surface area contributed by atoms with Gasteiger partial charge in [0.1, 0.15) is 0 Å². The molecule has 0 fully saturated rings. The fraction of sp³-hybridized carbons (Fsp3) is 0.667. The van der Waals surface area contributed by atoms with E-state index in [1.807, 2.05) is 0 Å². The van der Waals surface area contributed by atoms with Gasteiger partial charge in [0.2, 0.25) is 0 Å². The summed E-state index contributed by atoms with van der Waals surface area (Å²) >= 11 is 0. The summed E-state index contributed by atoms with van der Waals surface area (Å²) in [6, 6.07) is 0.161. The standard InChI is InChI=1S/C6H10ClN3O3S/c1-3-10-5(13-4-2)8-9-6(10)14(7,11)12/h3-4H2,1-2H3. The van der Waals surface area contributed by atoms with E-state index in [-0.39, 0.29) is 11.2 Å². The van der Waals surface area contributed by atoms with E-state index in [0.29, 0.717) is 13.2 Å². The van der Waals surface area contributed by atoms with Gasteiger partial charge in [-0.05, 0) is 13.8 Å². The van der Waals surface area contributed by atoms with Crippen LogP contribution in [-0.2, 0) is 15.6 Å². The molecule has 0 unspecified atom stereocenters. The predicted octanol–water partition coefficient (Wildman–Crippen LogP) is 0.624. The van der Waals surface area contributed by atoms with Crippen molar-refractivity contribution in [2.75, 3.05) is 6.61 Å². The summed E-state index contributed by atoms with van der Waals surface area (Å²) in [7, 11) is 1.29. The zero-order valence-corrected chi connectivity index (χ0v) is 9.34. The Morgan fingerprint density at radius 2 is 2.07 bits per heavy atom. The molecule has 0 aliphatic carbocycles. The molecule has 0 saturated carbocycles. The smallest absolute Gasteiger partial charge is 0.317 e. The van der Waals surface area contributed by atoms with Crippen molar-refractivity contribution in [1.82, 2.24) is 14.8 Å². The number of hydrogen-bond donors (Lipinski definition) is 0. The molecule has 80 valence electrons. The molecular weight excluding hydrogens is 230 g/mol. The number of nitrogens with zero attached hydrogens (tertiary/aromatic N) is 3. The van der Waals surface area contributed by atoms with Crippen LogP contribution in [0.2, 0.25) is 0 Å². The zero-order valence-electron chi connectivity index (χ0n) is 7.77. The van der Waals surface area contributed by atoms with Crippen LogP contribution in [0.5, 0.6) is 6.01 Å². The minimum atomic E-state index is -3.86. The van der Waals surface area contributed by atoms with Gasteiger partial charge in [0.15, 0.2) is 0 Å². The molecule has 0 N–H and O–H groups in total. The Morgan fingerprint density at radius 1 is 1.43 bits per heavy atom. The molecule has 0 bridgehead atoms. The maximum Gasteiger partial charge on any atom is 0.317 e. The highest BCUT2D eigenvalue weighted by atomic mass is 35.7. The maximum absolute atomic E-state index is 11.0. The van der Waals surface area contributed by atoms with Gasteiger partial charge < -0.3 is 4.74 Å². The molecule has 14 heavy (non-hydrogen) atoms. The molecule has 6 nitrogen and oxygen atoms in total. The molecule has 0 atom stereocenters. The minimum absolute atomic E-state index is 0.161. The molecule has 0 saturated heterocycles. The van der Waals surface area contributed by atoms with Crippen molar-refractivity contribution in [2.45, 2.75) is 25.5 Å². The molecule has 0 aliphatic rings. The molecule has 1 rings (SSSR count). The van der Waals surface area contributed by atoms with Gasteiger partial charge in [0.05, 0.1) is 6.61 Å². The predicted molar refractivity (Wildman–Crippen MR) is 49.9 cm³/mol. The van der Waals surface area contributed by atoms with E-state index in [1.165, 1.54) is 4.57 Å². The van der Waals surface area contributed by atoms with Crippen LogP contribution in [0, 0.1) is 0 Å². The Kier molecular flexibility index (Phi) is 3.33. The molecule has 0 radical (unpaired) electrons. The van der Waals surface area contributed by atoms with Crippen LogP contribution in [-0.4, -0.2) is 29.8 Å². The SMILES string of the molecule is CCOc1nnc(S(=O)(=O)Cl)n1CC. The normalized spacial score (nSPS) is 11.6. The van der Waals surface area contributed by atoms with E-state index in [9.17, 15) is 8.42 Å². The Hall–Kier alpha value is -0.820. The van der Waals surface area contributed by atoms with Gasteiger partial charge in [0, 0.05) is 17.2 Å². The monoisotopic (exact) mass is 239 g/mol. The van der Waals surface area contributed by atoms with Crippen LogP contribution in [0.1, 0.15) is 13.8 Å². The fourth-order valence-corrected chi connectivity index (χ4v) is 1.91. The second kappa shape index (κ2) is 4.14. The quantitative estimate of drug-likeness (QED) is 0.721. The van der Waals surface area contributed by atoms with Crippen molar-refractivity contribution < 1.29 is 13.2 Å². The number of hydrogen-bond acceptors (Lipinski definition) is 5. The van der Waals surface area contributed by atoms with Crippen molar-refractivity contribution in [3.8, 4) is 6.01 Å². The van der Waals surface area contributed by atoms with E-state index in [0.717, 1.165) is 0 Å². The topological polar surface area (TPSA) is 74.1 Å². The number of rotatable bonds is 4. The highest BCUT2D eigenvalue weighted by molar-refractivity contribution is 8.13. The number of ether oxygens (including phenoxy) is 1. The molecule has 0 amide bonds. The lowest BCUT2D eigenvalue weighted by atomic mass is 10.7. The van der Waals surface area contributed by atoms with E-state index < -0.39 is 9.05 Å². The third-order valence-electron chi connectivity index (χ3n) is 1.49. The van der Waals surface area contributed by atoms with Gasteiger partial charge in [-0.1, -0.05) is 5.10 Å². The van der Waals surface area contributed by atoms with E-state index in [1.54, 1.807) is 13.8 Å².